The molecule has 2 amide bonds. The van der Waals surface area contributed by atoms with Crippen LogP contribution >= 0.6 is 0 Å². The molecule has 4 rings (SSSR count). The number of amides is 2. The smallest absolute Gasteiger partial charge is 0.342 e. The molecule has 0 aliphatic carbocycles. The number of hydrogen-bond acceptors (Lipinski definition) is 5. The number of aromatic nitrogens is 3. The molecule has 0 saturated carbocycles. The maximum Gasteiger partial charge on any atom is 0.416 e. The number of likely N-dealkylation sites (tertiary alicyclic amines) is 2. The normalized spacial score (nSPS) is 18.5. The first-order chi connectivity index (χ1) is 16.3. The van der Waals surface area contributed by atoms with E-state index in [4.69, 9.17) is 0 Å². The molecule has 34 heavy (non-hydrogen) atoms. The molecule has 0 spiro atoms. The molecule has 184 valence electrons. The highest BCUT2D eigenvalue weighted by molar-refractivity contribution is 5.94. The Bertz CT molecular complexity index is 979. The van der Waals surface area contributed by atoms with Crippen LogP contribution in [0.25, 0.3) is 5.69 Å². The monoisotopic (exact) mass is 478 g/mol. The van der Waals surface area contributed by atoms with E-state index in [-0.39, 0.29) is 24.1 Å². The third-order valence-corrected chi connectivity index (χ3v) is 6.49. The Labute approximate surface area is 196 Å². The summed E-state index contributed by atoms with van der Waals surface area (Å²) < 4.78 is 41.0. The Morgan fingerprint density at radius 3 is 2.35 bits per heavy atom. The molecule has 1 N–H and O–H groups in total. The first-order valence-electron chi connectivity index (χ1n) is 11.7. The number of piperidine rings is 1. The molecule has 1 aromatic heterocycles. The van der Waals surface area contributed by atoms with E-state index in [1.165, 1.54) is 36.2 Å². The standard InChI is InChI=1S/C23H29F3N6O2/c24-23(25,26)18-5-6-20(32-16-27-15-28-32)19(13-18)29-21(33)14-30-11-7-17(8-12-30)22(34)31-9-3-1-2-4-10-31/h5-6,13,15-17H,1-4,7-12,14H2,(H,29,33). The zero-order valence-corrected chi connectivity index (χ0v) is 18.9. The van der Waals surface area contributed by atoms with Crippen LogP contribution in [0.5, 0.6) is 0 Å². The number of alkyl halides is 3. The number of nitrogens with zero attached hydrogens (tertiary/aromatic N) is 5. The van der Waals surface area contributed by atoms with Crippen LogP contribution in [0.2, 0.25) is 0 Å². The zero-order chi connectivity index (χ0) is 24.1. The van der Waals surface area contributed by atoms with Crippen molar-refractivity contribution < 1.29 is 22.8 Å². The fourth-order valence-electron chi connectivity index (χ4n) is 4.63. The second-order valence-corrected chi connectivity index (χ2v) is 8.91. The Morgan fingerprint density at radius 1 is 1.03 bits per heavy atom. The molecule has 0 bridgehead atoms. The van der Waals surface area contributed by atoms with Crippen LogP contribution in [0, 0.1) is 5.92 Å². The van der Waals surface area contributed by atoms with Gasteiger partial charge in [0.15, 0.2) is 0 Å². The van der Waals surface area contributed by atoms with Crippen molar-refractivity contribution in [3.8, 4) is 5.69 Å². The number of carbonyl (C=O) groups is 2. The second kappa shape index (κ2) is 10.5. The predicted octanol–water partition coefficient (Wildman–Crippen LogP) is 3.34. The van der Waals surface area contributed by atoms with Gasteiger partial charge in [-0.3, -0.25) is 14.5 Å². The molecule has 2 aromatic rings. The highest BCUT2D eigenvalue weighted by atomic mass is 19.4. The minimum Gasteiger partial charge on any atom is -0.342 e. The van der Waals surface area contributed by atoms with Crippen LogP contribution in [0.1, 0.15) is 44.1 Å². The Hall–Kier alpha value is -2.95. The number of rotatable bonds is 5. The predicted molar refractivity (Wildman–Crippen MR) is 119 cm³/mol. The van der Waals surface area contributed by atoms with E-state index in [1.54, 1.807) is 0 Å². The summed E-state index contributed by atoms with van der Waals surface area (Å²) in [7, 11) is 0. The number of nitrogens with one attached hydrogen (secondary N) is 1. The van der Waals surface area contributed by atoms with E-state index >= 15 is 0 Å². The van der Waals surface area contributed by atoms with Crippen molar-refractivity contribution in [2.24, 2.45) is 5.92 Å². The van der Waals surface area contributed by atoms with E-state index in [9.17, 15) is 22.8 Å². The van der Waals surface area contributed by atoms with Crippen molar-refractivity contribution >= 4 is 17.5 Å². The third-order valence-electron chi connectivity index (χ3n) is 6.49. The van der Waals surface area contributed by atoms with E-state index < -0.39 is 17.6 Å². The zero-order valence-electron chi connectivity index (χ0n) is 18.9. The highest BCUT2D eigenvalue weighted by Crippen LogP contribution is 2.33. The molecule has 0 atom stereocenters. The van der Waals surface area contributed by atoms with Crippen molar-refractivity contribution in [2.75, 3.05) is 38.0 Å². The van der Waals surface area contributed by atoms with E-state index in [1.807, 2.05) is 9.80 Å². The summed E-state index contributed by atoms with van der Waals surface area (Å²) in [5.74, 6) is -0.231. The van der Waals surface area contributed by atoms with Gasteiger partial charge in [-0.15, -0.1) is 0 Å². The van der Waals surface area contributed by atoms with Gasteiger partial charge in [0.05, 0.1) is 23.5 Å². The topological polar surface area (TPSA) is 83.4 Å². The molecule has 3 heterocycles. The van der Waals surface area contributed by atoms with Gasteiger partial charge in [-0.2, -0.15) is 18.3 Å². The van der Waals surface area contributed by atoms with Crippen molar-refractivity contribution in [3.63, 3.8) is 0 Å². The van der Waals surface area contributed by atoms with Crippen LogP contribution in [-0.2, 0) is 15.8 Å². The average Bonchev–Trinajstić information content (AvgIpc) is 3.20. The van der Waals surface area contributed by atoms with Crippen molar-refractivity contribution in [1.82, 2.24) is 24.6 Å². The lowest BCUT2D eigenvalue weighted by Crippen LogP contribution is -2.44. The maximum atomic E-state index is 13.2. The van der Waals surface area contributed by atoms with Crippen LogP contribution in [-0.4, -0.2) is 69.1 Å². The van der Waals surface area contributed by atoms with E-state index in [0.717, 1.165) is 38.1 Å². The quantitative estimate of drug-likeness (QED) is 0.713. The Morgan fingerprint density at radius 2 is 1.74 bits per heavy atom. The molecule has 11 heteroatoms. The molecule has 2 aliphatic rings. The summed E-state index contributed by atoms with van der Waals surface area (Å²) in [6.07, 6.45) is 3.87. The van der Waals surface area contributed by atoms with Crippen LogP contribution in [0.4, 0.5) is 18.9 Å². The third kappa shape index (κ3) is 5.94. The minimum atomic E-state index is -4.54. The SMILES string of the molecule is O=C(CN1CCC(C(=O)N2CCCCCC2)CC1)Nc1cc(C(F)(F)F)ccc1-n1cncn1. The maximum absolute atomic E-state index is 13.2. The van der Waals surface area contributed by atoms with Crippen LogP contribution < -0.4 is 5.32 Å². The number of benzene rings is 1. The molecular weight excluding hydrogens is 449 g/mol. The summed E-state index contributed by atoms with van der Waals surface area (Å²) in [5, 5.41) is 6.56. The summed E-state index contributed by atoms with van der Waals surface area (Å²) in [6.45, 7) is 2.88. The summed E-state index contributed by atoms with van der Waals surface area (Å²) in [5.41, 5.74) is -0.559. The largest absolute Gasteiger partial charge is 0.416 e. The second-order valence-electron chi connectivity index (χ2n) is 8.91. The number of carbonyl (C=O) groups excluding carboxylic acids is 2. The Kier molecular flexibility index (Phi) is 7.50. The molecule has 2 fully saturated rings. The summed E-state index contributed by atoms with van der Waals surface area (Å²) in [6, 6.07) is 3.10. The summed E-state index contributed by atoms with van der Waals surface area (Å²) in [4.78, 5) is 33.3. The number of hydrogen-bond donors (Lipinski definition) is 1. The Balaban J connectivity index is 1.35. The molecule has 2 aliphatic heterocycles. The first kappa shape index (κ1) is 24.2. The van der Waals surface area contributed by atoms with Gasteiger partial charge < -0.3 is 10.2 Å². The number of halogens is 3. The van der Waals surface area contributed by atoms with E-state index in [0.29, 0.717) is 31.6 Å². The molecule has 0 radical (unpaired) electrons. The van der Waals surface area contributed by atoms with Gasteiger partial charge in [-0.25, -0.2) is 9.67 Å². The highest BCUT2D eigenvalue weighted by Gasteiger charge is 2.32. The minimum absolute atomic E-state index is 0.0107. The lowest BCUT2D eigenvalue weighted by molar-refractivity contribution is -0.138. The average molecular weight is 479 g/mol. The van der Waals surface area contributed by atoms with Gasteiger partial charge in [0.25, 0.3) is 0 Å². The molecule has 2 saturated heterocycles. The summed E-state index contributed by atoms with van der Waals surface area (Å²) >= 11 is 0. The number of anilines is 1. The molecule has 1 aromatic carbocycles. The fourth-order valence-corrected chi connectivity index (χ4v) is 4.63. The van der Waals surface area contributed by atoms with Gasteiger partial charge in [0, 0.05) is 19.0 Å². The lowest BCUT2D eigenvalue weighted by Gasteiger charge is -2.33. The van der Waals surface area contributed by atoms with Gasteiger partial charge in [-0.05, 0) is 57.0 Å². The van der Waals surface area contributed by atoms with E-state index in [2.05, 4.69) is 15.4 Å². The fraction of sp³-hybridized carbons (Fsp3) is 0.565. The van der Waals surface area contributed by atoms with Gasteiger partial charge in [-0.1, -0.05) is 12.8 Å². The van der Waals surface area contributed by atoms with Crippen molar-refractivity contribution in [1.29, 1.82) is 0 Å². The molecule has 0 unspecified atom stereocenters. The lowest BCUT2D eigenvalue weighted by atomic mass is 9.95. The van der Waals surface area contributed by atoms with Crippen molar-refractivity contribution in [3.05, 3.63) is 36.4 Å². The van der Waals surface area contributed by atoms with Crippen LogP contribution in [0.15, 0.2) is 30.9 Å². The van der Waals surface area contributed by atoms with Gasteiger partial charge >= 0.3 is 6.18 Å². The van der Waals surface area contributed by atoms with Gasteiger partial charge in [0.2, 0.25) is 11.8 Å². The molecule has 8 nitrogen and oxygen atoms in total. The molecular formula is C23H29F3N6O2. The first-order valence-corrected chi connectivity index (χ1v) is 11.7. The van der Waals surface area contributed by atoms with Crippen LogP contribution in [0.3, 0.4) is 0 Å². The van der Waals surface area contributed by atoms with Crippen molar-refractivity contribution in [2.45, 2.75) is 44.7 Å². The van der Waals surface area contributed by atoms with Gasteiger partial charge in [0.1, 0.15) is 12.7 Å².